The van der Waals surface area contributed by atoms with Crippen molar-refractivity contribution in [2.75, 3.05) is 12.3 Å². The minimum Gasteiger partial charge on any atom is -0.258 e. The van der Waals surface area contributed by atoms with Crippen LogP contribution in [0.1, 0.15) is 17.5 Å². The van der Waals surface area contributed by atoms with Gasteiger partial charge in [-0.2, -0.15) is 0 Å². The highest BCUT2D eigenvalue weighted by atomic mass is 31.1. The molecule has 0 aromatic heterocycles. The van der Waals surface area contributed by atoms with Crippen molar-refractivity contribution < 1.29 is 9.85 Å². The predicted octanol–water partition coefficient (Wildman–Crippen LogP) is 7.21. The Labute approximate surface area is 219 Å². The number of nitrogens with zero attached hydrogens (tertiary/aromatic N) is 2. The summed E-state index contributed by atoms with van der Waals surface area (Å²) in [6.45, 7) is 0. The Morgan fingerprint density at radius 3 is 1.24 bits per heavy atom. The summed E-state index contributed by atoms with van der Waals surface area (Å²) in [7, 11) is -1.30. The van der Waals surface area contributed by atoms with Crippen LogP contribution in [0.4, 0.5) is 11.4 Å². The lowest BCUT2D eigenvalue weighted by Crippen LogP contribution is -2.10. The molecule has 0 saturated heterocycles. The first-order valence-electron chi connectivity index (χ1n) is 12.1. The Kier molecular flexibility index (Phi) is 9.48. The minimum absolute atomic E-state index is 0.175. The molecule has 6 nitrogen and oxygen atoms in total. The third-order valence-corrected chi connectivity index (χ3v) is 11.4. The number of nitro benzene ring substituents is 2. The van der Waals surface area contributed by atoms with Crippen molar-refractivity contribution in [3.05, 3.63) is 141 Å². The van der Waals surface area contributed by atoms with Crippen molar-refractivity contribution in [3.63, 3.8) is 0 Å². The maximum Gasteiger partial charge on any atom is 0.272 e. The zero-order valence-corrected chi connectivity index (χ0v) is 22.1. The maximum atomic E-state index is 11.6. The second kappa shape index (κ2) is 13.2. The van der Waals surface area contributed by atoms with E-state index in [0.717, 1.165) is 29.9 Å². The Hall–Kier alpha value is -3.46. The monoisotopic (exact) mass is 530 g/mol. The van der Waals surface area contributed by atoms with Crippen molar-refractivity contribution >= 4 is 37.8 Å². The van der Waals surface area contributed by atoms with Gasteiger partial charge >= 0.3 is 0 Å². The van der Waals surface area contributed by atoms with Gasteiger partial charge < -0.3 is 0 Å². The highest BCUT2D eigenvalue weighted by molar-refractivity contribution is 7.65. The first kappa shape index (κ1) is 26.6. The van der Waals surface area contributed by atoms with Gasteiger partial charge in [-0.05, 0) is 29.4 Å². The number of hydrogen-bond donors (Lipinski definition) is 0. The standard InChI is InChI=1S/C29H28N2O4P2/c32-30(33)28-18-9-7-12-24(28)22-36(26-14-3-1-4-15-26)20-11-21-37(27-16-5-2-6-17-27)23-25-13-8-10-19-29(25)31(34)35/h1-10,12-19H,11,20-23H2. The molecule has 0 bridgehead atoms. The topological polar surface area (TPSA) is 86.3 Å². The van der Waals surface area contributed by atoms with E-state index in [1.54, 1.807) is 24.3 Å². The van der Waals surface area contributed by atoms with Gasteiger partial charge in [0.25, 0.3) is 11.4 Å². The van der Waals surface area contributed by atoms with Crippen LogP contribution in [0.25, 0.3) is 0 Å². The molecule has 0 amide bonds. The molecule has 0 radical (unpaired) electrons. The van der Waals surface area contributed by atoms with E-state index < -0.39 is 15.8 Å². The van der Waals surface area contributed by atoms with Crippen LogP contribution in [0.3, 0.4) is 0 Å². The highest BCUT2D eigenvalue weighted by Crippen LogP contribution is 2.45. The molecule has 0 aliphatic rings. The summed E-state index contributed by atoms with van der Waals surface area (Å²) in [5, 5.41) is 25.7. The third kappa shape index (κ3) is 7.29. The smallest absolute Gasteiger partial charge is 0.258 e. The lowest BCUT2D eigenvalue weighted by molar-refractivity contribution is -0.385. The molecule has 2 atom stereocenters. The normalized spacial score (nSPS) is 12.5. The summed E-state index contributed by atoms with van der Waals surface area (Å²) in [4.78, 5) is 22.6. The third-order valence-electron chi connectivity index (χ3n) is 6.20. The lowest BCUT2D eigenvalue weighted by atomic mass is 10.2. The van der Waals surface area contributed by atoms with Gasteiger partial charge in [0.2, 0.25) is 0 Å². The van der Waals surface area contributed by atoms with E-state index in [-0.39, 0.29) is 21.2 Å². The Bertz CT molecular complexity index is 1230. The van der Waals surface area contributed by atoms with Gasteiger partial charge in [0.1, 0.15) is 0 Å². The lowest BCUT2D eigenvalue weighted by Gasteiger charge is -2.22. The molecule has 0 fully saturated rings. The molecule has 2 unspecified atom stereocenters. The van der Waals surface area contributed by atoms with Crippen LogP contribution in [0.15, 0.2) is 109 Å². The van der Waals surface area contributed by atoms with Gasteiger partial charge in [0, 0.05) is 35.6 Å². The summed E-state index contributed by atoms with van der Waals surface area (Å²) in [6, 6.07) is 34.6. The molecule has 37 heavy (non-hydrogen) atoms. The molecule has 0 aliphatic heterocycles. The molecule has 188 valence electrons. The average Bonchev–Trinajstić information content (AvgIpc) is 2.93. The van der Waals surface area contributed by atoms with E-state index >= 15 is 0 Å². The van der Waals surface area contributed by atoms with Gasteiger partial charge in [-0.1, -0.05) is 113 Å². The zero-order chi connectivity index (χ0) is 26.0. The SMILES string of the molecule is O=[N+]([O-])c1ccccc1CP(CCCP(Cc1ccccc1[N+](=O)[O-])c1ccccc1)c1ccccc1. The number of hydrogen-bond acceptors (Lipinski definition) is 4. The molecule has 0 heterocycles. The first-order chi connectivity index (χ1) is 18.0. The zero-order valence-electron chi connectivity index (χ0n) is 20.3. The Balaban J connectivity index is 1.54. The molecule has 0 N–H and O–H groups in total. The average molecular weight is 531 g/mol. The maximum absolute atomic E-state index is 11.6. The summed E-state index contributed by atoms with van der Waals surface area (Å²) >= 11 is 0. The molecular weight excluding hydrogens is 502 g/mol. The fourth-order valence-corrected chi connectivity index (χ4v) is 9.46. The molecule has 0 saturated carbocycles. The fraction of sp³-hybridized carbons (Fsp3) is 0.172. The van der Waals surface area contributed by atoms with E-state index in [1.165, 1.54) is 10.6 Å². The van der Waals surface area contributed by atoms with E-state index in [9.17, 15) is 20.2 Å². The van der Waals surface area contributed by atoms with Crippen LogP contribution in [-0.4, -0.2) is 22.2 Å². The van der Waals surface area contributed by atoms with Crippen LogP contribution < -0.4 is 10.6 Å². The quantitative estimate of drug-likeness (QED) is 0.110. The number of benzene rings is 4. The fourth-order valence-electron chi connectivity index (χ4n) is 4.39. The van der Waals surface area contributed by atoms with E-state index in [0.29, 0.717) is 12.3 Å². The van der Waals surface area contributed by atoms with Gasteiger partial charge in [0.05, 0.1) is 9.85 Å². The molecule has 4 aromatic carbocycles. The number of rotatable bonds is 12. The van der Waals surface area contributed by atoms with Crippen molar-refractivity contribution in [2.45, 2.75) is 18.7 Å². The van der Waals surface area contributed by atoms with Crippen molar-refractivity contribution in [1.82, 2.24) is 0 Å². The second-order valence-corrected chi connectivity index (χ2v) is 13.4. The van der Waals surface area contributed by atoms with Crippen LogP contribution in [-0.2, 0) is 12.3 Å². The van der Waals surface area contributed by atoms with Crippen LogP contribution >= 0.6 is 15.8 Å². The van der Waals surface area contributed by atoms with Crippen molar-refractivity contribution in [3.8, 4) is 0 Å². The Morgan fingerprint density at radius 2 is 0.865 bits per heavy atom. The molecular formula is C29H28N2O4P2. The van der Waals surface area contributed by atoms with Crippen LogP contribution in [0, 0.1) is 20.2 Å². The summed E-state index contributed by atoms with van der Waals surface area (Å²) < 4.78 is 0. The van der Waals surface area contributed by atoms with Crippen molar-refractivity contribution in [2.24, 2.45) is 0 Å². The summed E-state index contributed by atoms with van der Waals surface area (Å²) in [5.41, 5.74) is 1.89. The molecule has 4 rings (SSSR count). The molecule has 4 aromatic rings. The first-order valence-corrected chi connectivity index (χ1v) is 15.5. The predicted molar refractivity (Wildman–Crippen MR) is 154 cm³/mol. The van der Waals surface area contributed by atoms with E-state index in [4.69, 9.17) is 0 Å². The van der Waals surface area contributed by atoms with Crippen LogP contribution in [0.5, 0.6) is 0 Å². The molecule has 0 spiro atoms. The molecule has 8 heteroatoms. The van der Waals surface area contributed by atoms with E-state index in [2.05, 4.69) is 24.3 Å². The van der Waals surface area contributed by atoms with Crippen molar-refractivity contribution in [1.29, 1.82) is 0 Å². The largest absolute Gasteiger partial charge is 0.272 e. The Morgan fingerprint density at radius 1 is 0.514 bits per heavy atom. The number of para-hydroxylation sites is 2. The summed E-state index contributed by atoms with van der Waals surface area (Å²) in [5.74, 6) is 0. The van der Waals surface area contributed by atoms with Crippen LogP contribution in [0.2, 0.25) is 0 Å². The summed E-state index contributed by atoms with van der Waals surface area (Å²) in [6.07, 6.45) is 4.14. The van der Waals surface area contributed by atoms with Gasteiger partial charge in [-0.25, -0.2) is 0 Å². The van der Waals surface area contributed by atoms with Gasteiger partial charge in [-0.3, -0.25) is 20.2 Å². The molecule has 0 aliphatic carbocycles. The van der Waals surface area contributed by atoms with Gasteiger partial charge in [0.15, 0.2) is 0 Å². The van der Waals surface area contributed by atoms with Gasteiger partial charge in [-0.15, -0.1) is 0 Å². The van der Waals surface area contributed by atoms with E-state index in [1.807, 2.05) is 60.7 Å². The second-order valence-electron chi connectivity index (χ2n) is 8.64. The number of nitro groups is 2. The minimum atomic E-state index is -0.651. The highest BCUT2D eigenvalue weighted by Gasteiger charge is 2.21.